The topological polar surface area (TPSA) is 61.9 Å². The fraction of sp³-hybridized carbons (Fsp3) is 0.652. The molecule has 2 heterocycles. The van der Waals surface area contributed by atoms with Gasteiger partial charge >= 0.3 is 0 Å². The van der Waals surface area contributed by atoms with Gasteiger partial charge in [0, 0.05) is 54.2 Å². The van der Waals surface area contributed by atoms with Gasteiger partial charge in [0.15, 0.2) is 0 Å². The average Bonchev–Trinajstić information content (AvgIpc) is 2.71. The van der Waals surface area contributed by atoms with Crippen LogP contribution < -0.4 is 5.32 Å². The number of piperidine rings is 1. The van der Waals surface area contributed by atoms with E-state index in [1.54, 1.807) is 0 Å². The van der Waals surface area contributed by atoms with Crippen LogP contribution in [0.2, 0.25) is 0 Å². The summed E-state index contributed by atoms with van der Waals surface area (Å²) in [6, 6.07) is 7.43. The highest BCUT2D eigenvalue weighted by molar-refractivity contribution is 9.10. The summed E-state index contributed by atoms with van der Waals surface area (Å²) in [5, 5.41) is 3.17. The Balaban J connectivity index is 1.47. The third-order valence-electron chi connectivity index (χ3n) is 6.22. The summed E-state index contributed by atoms with van der Waals surface area (Å²) in [5.41, 5.74) is 0.567. The largest absolute Gasteiger partial charge is 0.373 e. The molecule has 7 heteroatoms. The molecule has 0 saturated carbocycles. The highest BCUT2D eigenvalue weighted by atomic mass is 79.9. The summed E-state index contributed by atoms with van der Waals surface area (Å²) in [5.74, 6) is 0.114. The lowest BCUT2D eigenvalue weighted by molar-refractivity contribution is -0.128. The molecule has 2 fully saturated rings. The lowest BCUT2D eigenvalue weighted by Gasteiger charge is -2.45. The van der Waals surface area contributed by atoms with Gasteiger partial charge in [-0.15, -0.1) is 0 Å². The van der Waals surface area contributed by atoms with Crippen molar-refractivity contribution in [2.45, 2.75) is 58.3 Å². The number of carbonyl (C=O) groups excluding carboxylic acids is 2. The fourth-order valence-corrected chi connectivity index (χ4v) is 4.62. The molecule has 1 aromatic carbocycles. The average molecular weight is 480 g/mol. The van der Waals surface area contributed by atoms with Crippen LogP contribution in [0, 0.1) is 5.92 Å². The van der Waals surface area contributed by atoms with E-state index >= 15 is 0 Å². The molecule has 1 aromatic rings. The molecule has 1 N–H and O–H groups in total. The summed E-state index contributed by atoms with van der Waals surface area (Å²) in [6.07, 6.45) is 1.83. The van der Waals surface area contributed by atoms with Crippen molar-refractivity contribution in [3.63, 3.8) is 0 Å². The quantitative estimate of drug-likeness (QED) is 0.703. The molecule has 2 atom stereocenters. The van der Waals surface area contributed by atoms with Crippen LogP contribution in [0.3, 0.4) is 0 Å². The molecule has 0 aromatic heterocycles. The van der Waals surface area contributed by atoms with Crippen LogP contribution in [0.25, 0.3) is 0 Å². The van der Waals surface area contributed by atoms with Crippen molar-refractivity contribution in [2.24, 2.45) is 5.92 Å². The molecule has 3 rings (SSSR count). The second-order valence-electron chi connectivity index (χ2n) is 9.27. The van der Waals surface area contributed by atoms with Gasteiger partial charge in [-0.1, -0.05) is 15.9 Å². The molecule has 0 aliphatic carbocycles. The number of nitrogens with zero attached hydrogens (tertiary/aromatic N) is 2. The number of rotatable bonds is 5. The standard InChI is InChI=1S/C23H34BrN3O3/c1-16-13-27(14-17(2)30-16)23(3,4)15-25-21(28)18-9-11-26(12-10-18)22(29)19-5-7-20(24)8-6-19/h5-8,16-18H,9-15H2,1-4H3,(H,25,28)/t16-,17-/m1/s1. The van der Waals surface area contributed by atoms with Crippen molar-refractivity contribution < 1.29 is 14.3 Å². The van der Waals surface area contributed by atoms with Gasteiger partial charge in [-0.3, -0.25) is 14.5 Å². The minimum Gasteiger partial charge on any atom is -0.373 e. The first-order valence-corrected chi connectivity index (χ1v) is 11.7. The maximum atomic E-state index is 12.8. The summed E-state index contributed by atoms with van der Waals surface area (Å²) in [6.45, 7) is 12.2. The molecule has 30 heavy (non-hydrogen) atoms. The minimum absolute atomic E-state index is 0.0303. The van der Waals surface area contributed by atoms with Crippen LogP contribution in [0.4, 0.5) is 0 Å². The highest BCUT2D eigenvalue weighted by Gasteiger charge is 2.34. The van der Waals surface area contributed by atoms with Crippen molar-refractivity contribution in [3.05, 3.63) is 34.3 Å². The summed E-state index contributed by atoms with van der Waals surface area (Å²) in [7, 11) is 0. The number of hydrogen-bond acceptors (Lipinski definition) is 4. The first kappa shape index (κ1) is 23.2. The van der Waals surface area contributed by atoms with E-state index in [2.05, 4.69) is 53.8 Å². The first-order chi connectivity index (χ1) is 14.2. The van der Waals surface area contributed by atoms with E-state index in [1.807, 2.05) is 29.2 Å². The predicted molar refractivity (Wildman–Crippen MR) is 121 cm³/mol. The molecule has 2 aliphatic rings. The molecule has 166 valence electrons. The number of hydrogen-bond donors (Lipinski definition) is 1. The van der Waals surface area contributed by atoms with E-state index in [9.17, 15) is 9.59 Å². The van der Waals surface area contributed by atoms with E-state index in [0.717, 1.165) is 17.6 Å². The first-order valence-electron chi connectivity index (χ1n) is 10.9. The third-order valence-corrected chi connectivity index (χ3v) is 6.74. The number of amides is 2. The number of morpholine rings is 1. The zero-order chi connectivity index (χ0) is 21.9. The van der Waals surface area contributed by atoms with E-state index in [4.69, 9.17) is 4.74 Å². The fourth-order valence-electron chi connectivity index (χ4n) is 4.35. The number of nitrogens with one attached hydrogen (secondary N) is 1. The van der Waals surface area contributed by atoms with Gasteiger partial charge in [0.1, 0.15) is 0 Å². The monoisotopic (exact) mass is 479 g/mol. The molecule has 2 aliphatic heterocycles. The van der Waals surface area contributed by atoms with Gasteiger partial charge in [-0.25, -0.2) is 0 Å². The van der Waals surface area contributed by atoms with Gasteiger partial charge in [-0.05, 0) is 64.8 Å². The van der Waals surface area contributed by atoms with Crippen molar-refractivity contribution in [2.75, 3.05) is 32.7 Å². The van der Waals surface area contributed by atoms with E-state index < -0.39 is 0 Å². The molecular weight excluding hydrogens is 446 g/mol. The smallest absolute Gasteiger partial charge is 0.253 e. The second kappa shape index (κ2) is 9.79. The molecule has 2 amide bonds. The molecular formula is C23H34BrN3O3. The van der Waals surface area contributed by atoms with Crippen LogP contribution in [0.15, 0.2) is 28.7 Å². The SMILES string of the molecule is C[C@@H]1CN(C(C)(C)CNC(=O)C2CCN(C(=O)c3ccc(Br)cc3)CC2)C[C@@H](C)O1. The second-order valence-corrected chi connectivity index (χ2v) is 10.2. The van der Waals surface area contributed by atoms with Crippen LogP contribution >= 0.6 is 15.9 Å². The van der Waals surface area contributed by atoms with E-state index in [0.29, 0.717) is 38.0 Å². The minimum atomic E-state index is -0.125. The molecule has 2 saturated heterocycles. The highest BCUT2D eigenvalue weighted by Crippen LogP contribution is 2.23. The Morgan fingerprint density at radius 1 is 1.10 bits per heavy atom. The Bertz CT molecular complexity index is 735. The normalized spacial score (nSPS) is 24.0. The van der Waals surface area contributed by atoms with Crippen molar-refractivity contribution in [1.82, 2.24) is 15.1 Å². The van der Waals surface area contributed by atoms with Gasteiger partial charge < -0.3 is 15.0 Å². The van der Waals surface area contributed by atoms with Gasteiger partial charge in [-0.2, -0.15) is 0 Å². The zero-order valence-corrected chi connectivity index (χ0v) is 20.1. The van der Waals surface area contributed by atoms with Crippen LogP contribution in [0.1, 0.15) is 50.9 Å². The molecule has 0 spiro atoms. The number of ether oxygens (including phenoxy) is 1. The zero-order valence-electron chi connectivity index (χ0n) is 18.5. The molecule has 0 unspecified atom stereocenters. The lowest BCUT2D eigenvalue weighted by Crippen LogP contribution is -2.59. The maximum Gasteiger partial charge on any atom is 0.253 e. The lowest BCUT2D eigenvalue weighted by atomic mass is 9.94. The van der Waals surface area contributed by atoms with Crippen molar-refractivity contribution in [3.8, 4) is 0 Å². The third kappa shape index (κ3) is 5.83. The van der Waals surface area contributed by atoms with Crippen LogP contribution in [0.5, 0.6) is 0 Å². The van der Waals surface area contributed by atoms with Gasteiger partial charge in [0.25, 0.3) is 5.91 Å². The molecule has 6 nitrogen and oxygen atoms in total. The Labute approximate surface area is 188 Å². The Morgan fingerprint density at radius 2 is 1.67 bits per heavy atom. The number of carbonyl (C=O) groups is 2. The molecule has 0 bridgehead atoms. The Kier molecular flexibility index (Phi) is 7.58. The number of likely N-dealkylation sites (tertiary alicyclic amines) is 1. The Morgan fingerprint density at radius 3 is 2.23 bits per heavy atom. The summed E-state index contributed by atoms with van der Waals surface area (Å²) >= 11 is 3.40. The van der Waals surface area contributed by atoms with Crippen LogP contribution in [-0.2, 0) is 9.53 Å². The van der Waals surface area contributed by atoms with E-state index in [1.165, 1.54) is 0 Å². The van der Waals surface area contributed by atoms with Crippen molar-refractivity contribution in [1.29, 1.82) is 0 Å². The Hall–Kier alpha value is -1.44. The van der Waals surface area contributed by atoms with Gasteiger partial charge in [0.2, 0.25) is 5.91 Å². The maximum absolute atomic E-state index is 12.8. The molecule has 0 radical (unpaired) electrons. The predicted octanol–water partition coefficient (Wildman–Crippen LogP) is 3.31. The van der Waals surface area contributed by atoms with Gasteiger partial charge in [0.05, 0.1) is 12.2 Å². The van der Waals surface area contributed by atoms with E-state index in [-0.39, 0.29) is 35.5 Å². The van der Waals surface area contributed by atoms with Crippen molar-refractivity contribution >= 4 is 27.7 Å². The number of halogens is 1. The van der Waals surface area contributed by atoms with Crippen LogP contribution in [-0.4, -0.2) is 72.1 Å². The number of benzene rings is 1. The summed E-state index contributed by atoms with van der Waals surface area (Å²) < 4.78 is 6.79. The summed E-state index contributed by atoms with van der Waals surface area (Å²) in [4.78, 5) is 29.7.